The molecule has 0 saturated heterocycles. The molecule has 6 heteroatoms. The molecule has 0 aliphatic carbocycles. The van der Waals surface area contributed by atoms with E-state index in [1.54, 1.807) is 19.2 Å². The smallest absolute Gasteiger partial charge is 0.303 e. The zero-order chi connectivity index (χ0) is 14.3. The van der Waals surface area contributed by atoms with Gasteiger partial charge in [-0.3, -0.25) is 9.59 Å². The topological polar surface area (TPSA) is 105 Å². The van der Waals surface area contributed by atoms with Gasteiger partial charge in [-0.05, 0) is 31.4 Å². The number of nitrogens with one attached hydrogen (secondary N) is 1. The number of carboxylic acids is 1. The minimum absolute atomic E-state index is 0.190. The molecule has 0 spiro atoms. The molecule has 0 aliphatic rings. The van der Waals surface area contributed by atoms with Crippen LogP contribution in [0.15, 0.2) is 12.3 Å². The quantitative estimate of drug-likeness (QED) is 0.618. The Hall–Kier alpha value is -2.11. The Labute approximate surface area is 112 Å². The van der Waals surface area contributed by atoms with Crippen LogP contribution in [0.1, 0.15) is 41.6 Å². The molecule has 0 fully saturated rings. The van der Waals surface area contributed by atoms with Crippen molar-refractivity contribution in [2.45, 2.75) is 32.6 Å². The van der Waals surface area contributed by atoms with Crippen molar-refractivity contribution in [1.82, 2.24) is 4.98 Å². The Morgan fingerprint density at radius 2 is 2.11 bits per heavy atom. The van der Waals surface area contributed by atoms with Crippen LogP contribution >= 0.6 is 0 Å². The molecule has 0 aliphatic heterocycles. The van der Waals surface area contributed by atoms with Gasteiger partial charge in [0.05, 0.1) is 5.56 Å². The number of primary amides is 1. The average Bonchev–Trinajstić information content (AvgIpc) is 2.32. The number of carbonyl (C=O) groups excluding carboxylic acids is 1. The van der Waals surface area contributed by atoms with Crippen LogP contribution in [-0.2, 0) is 4.79 Å². The predicted octanol–water partition coefficient (Wildman–Crippen LogP) is 1.55. The number of anilines is 1. The molecule has 19 heavy (non-hydrogen) atoms. The standard InChI is InChI=1S/C13H19N3O3/c1-9-6-8-16-13(11(9)12(14)19)15-7-4-2-3-5-10(17)18/h6,8H,2-5,7H2,1H3,(H2,14,19)(H,15,16)(H,17,18). The van der Waals surface area contributed by atoms with Gasteiger partial charge in [0.15, 0.2) is 0 Å². The number of carbonyl (C=O) groups is 2. The normalized spacial score (nSPS) is 10.2. The number of amides is 1. The second kappa shape index (κ2) is 7.35. The average molecular weight is 265 g/mol. The molecule has 0 unspecified atom stereocenters. The molecular weight excluding hydrogens is 246 g/mol. The van der Waals surface area contributed by atoms with Gasteiger partial charge in [0.25, 0.3) is 5.91 Å². The summed E-state index contributed by atoms with van der Waals surface area (Å²) in [5.41, 5.74) is 6.51. The van der Waals surface area contributed by atoms with Gasteiger partial charge in [-0.25, -0.2) is 4.98 Å². The van der Waals surface area contributed by atoms with Gasteiger partial charge in [-0.15, -0.1) is 0 Å². The van der Waals surface area contributed by atoms with Crippen LogP contribution in [0.5, 0.6) is 0 Å². The number of nitrogens with zero attached hydrogens (tertiary/aromatic N) is 1. The van der Waals surface area contributed by atoms with Crippen LogP contribution in [0.3, 0.4) is 0 Å². The Kier molecular flexibility index (Phi) is 5.78. The third-order valence-corrected chi connectivity index (χ3v) is 2.77. The lowest BCUT2D eigenvalue weighted by molar-refractivity contribution is -0.137. The van der Waals surface area contributed by atoms with Crippen LogP contribution in [0, 0.1) is 6.92 Å². The van der Waals surface area contributed by atoms with Crippen molar-refractivity contribution in [3.8, 4) is 0 Å². The fraction of sp³-hybridized carbons (Fsp3) is 0.462. The van der Waals surface area contributed by atoms with Crippen molar-refractivity contribution >= 4 is 17.7 Å². The first-order valence-electron chi connectivity index (χ1n) is 6.23. The van der Waals surface area contributed by atoms with Gasteiger partial charge >= 0.3 is 5.97 Å². The molecule has 0 aromatic carbocycles. The molecule has 1 amide bonds. The second-order valence-corrected chi connectivity index (χ2v) is 4.35. The minimum Gasteiger partial charge on any atom is -0.481 e. The Bertz CT molecular complexity index is 460. The van der Waals surface area contributed by atoms with Gasteiger partial charge in [0.2, 0.25) is 0 Å². The molecule has 6 nitrogen and oxygen atoms in total. The molecule has 1 heterocycles. The van der Waals surface area contributed by atoms with E-state index in [0.29, 0.717) is 24.3 Å². The number of hydrogen-bond donors (Lipinski definition) is 3. The summed E-state index contributed by atoms with van der Waals surface area (Å²) in [7, 11) is 0. The van der Waals surface area contributed by atoms with E-state index in [1.807, 2.05) is 0 Å². The number of nitrogens with two attached hydrogens (primary N) is 1. The lowest BCUT2D eigenvalue weighted by Crippen LogP contribution is -2.17. The third kappa shape index (κ3) is 4.95. The highest BCUT2D eigenvalue weighted by Crippen LogP contribution is 2.15. The molecule has 0 bridgehead atoms. The van der Waals surface area contributed by atoms with E-state index < -0.39 is 11.9 Å². The lowest BCUT2D eigenvalue weighted by Gasteiger charge is -2.10. The monoisotopic (exact) mass is 265 g/mol. The Balaban J connectivity index is 2.43. The Morgan fingerprint density at radius 3 is 2.74 bits per heavy atom. The van der Waals surface area contributed by atoms with E-state index >= 15 is 0 Å². The zero-order valence-corrected chi connectivity index (χ0v) is 11.0. The van der Waals surface area contributed by atoms with Crippen molar-refractivity contribution in [3.05, 3.63) is 23.4 Å². The van der Waals surface area contributed by atoms with Gasteiger partial charge < -0.3 is 16.2 Å². The van der Waals surface area contributed by atoms with E-state index in [0.717, 1.165) is 18.4 Å². The maximum absolute atomic E-state index is 11.3. The van der Waals surface area contributed by atoms with Crippen LogP contribution in [0.25, 0.3) is 0 Å². The highest BCUT2D eigenvalue weighted by atomic mass is 16.4. The number of rotatable bonds is 8. The summed E-state index contributed by atoms with van der Waals surface area (Å²) in [6.07, 6.45) is 4.10. The molecule has 0 radical (unpaired) electrons. The molecule has 1 rings (SSSR count). The lowest BCUT2D eigenvalue weighted by atomic mass is 10.1. The van der Waals surface area contributed by atoms with E-state index in [4.69, 9.17) is 10.8 Å². The van der Waals surface area contributed by atoms with Crippen molar-refractivity contribution in [1.29, 1.82) is 0 Å². The first-order chi connectivity index (χ1) is 9.02. The highest BCUT2D eigenvalue weighted by Gasteiger charge is 2.11. The maximum Gasteiger partial charge on any atom is 0.303 e. The molecular formula is C13H19N3O3. The molecule has 1 aromatic rings. The van der Waals surface area contributed by atoms with Crippen LogP contribution in [0.4, 0.5) is 5.82 Å². The number of hydrogen-bond acceptors (Lipinski definition) is 4. The molecule has 104 valence electrons. The number of aryl methyl sites for hydroxylation is 1. The summed E-state index contributed by atoms with van der Waals surface area (Å²) in [5.74, 6) is -0.783. The summed E-state index contributed by atoms with van der Waals surface area (Å²) in [4.78, 5) is 25.8. The first-order valence-corrected chi connectivity index (χ1v) is 6.23. The molecule has 0 atom stereocenters. The van der Waals surface area contributed by atoms with E-state index in [2.05, 4.69) is 10.3 Å². The van der Waals surface area contributed by atoms with Crippen LogP contribution < -0.4 is 11.1 Å². The predicted molar refractivity (Wildman–Crippen MR) is 72.1 cm³/mol. The summed E-state index contributed by atoms with van der Waals surface area (Å²) >= 11 is 0. The van der Waals surface area contributed by atoms with Crippen molar-refractivity contribution in [3.63, 3.8) is 0 Å². The number of aromatic nitrogens is 1. The van der Waals surface area contributed by atoms with Gasteiger partial charge in [0.1, 0.15) is 5.82 Å². The van der Waals surface area contributed by atoms with E-state index in [-0.39, 0.29) is 6.42 Å². The van der Waals surface area contributed by atoms with E-state index in [1.165, 1.54) is 0 Å². The first kappa shape index (κ1) is 14.9. The van der Waals surface area contributed by atoms with Crippen molar-refractivity contribution < 1.29 is 14.7 Å². The van der Waals surface area contributed by atoms with Gasteiger partial charge in [-0.1, -0.05) is 6.42 Å². The SMILES string of the molecule is Cc1ccnc(NCCCCCC(=O)O)c1C(N)=O. The van der Waals surface area contributed by atoms with Crippen LogP contribution in [-0.4, -0.2) is 28.5 Å². The Morgan fingerprint density at radius 1 is 1.37 bits per heavy atom. The number of pyridine rings is 1. The molecule has 1 aromatic heterocycles. The third-order valence-electron chi connectivity index (χ3n) is 2.77. The fourth-order valence-electron chi connectivity index (χ4n) is 1.79. The molecule has 4 N–H and O–H groups in total. The van der Waals surface area contributed by atoms with E-state index in [9.17, 15) is 9.59 Å². The van der Waals surface area contributed by atoms with Crippen molar-refractivity contribution in [2.24, 2.45) is 5.73 Å². The minimum atomic E-state index is -0.774. The number of unbranched alkanes of at least 4 members (excludes halogenated alkanes) is 2. The van der Waals surface area contributed by atoms with Gasteiger partial charge in [-0.2, -0.15) is 0 Å². The fourth-order valence-corrected chi connectivity index (χ4v) is 1.79. The molecule has 0 saturated carbocycles. The van der Waals surface area contributed by atoms with Gasteiger partial charge in [0, 0.05) is 19.2 Å². The second-order valence-electron chi connectivity index (χ2n) is 4.35. The summed E-state index contributed by atoms with van der Waals surface area (Å²) in [6, 6.07) is 1.73. The summed E-state index contributed by atoms with van der Waals surface area (Å²) in [5, 5.41) is 11.6. The maximum atomic E-state index is 11.3. The number of aliphatic carboxylic acids is 1. The number of carboxylic acid groups (broad SMARTS) is 1. The summed E-state index contributed by atoms with van der Waals surface area (Å²) in [6.45, 7) is 2.44. The van der Waals surface area contributed by atoms with Crippen molar-refractivity contribution in [2.75, 3.05) is 11.9 Å². The summed E-state index contributed by atoms with van der Waals surface area (Å²) < 4.78 is 0. The zero-order valence-electron chi connectivity index (χ0n) is 11.0. The largest absolute Gasteiger partial charge is 0.481 e. The van der Waals surface area contributed by atoms with Crippen LogP contribution in [0.2, 0.25) is 0 Å². The highest BCUT2D eigenvalue weighted by molar-refractivity contribution is 5.98.